The molecule has 1 heterocycles. The first-order valence-corrected chi connectivity index (χ1v) is 6.17. The van der Waals surface area contributed by atoms with E-state index in [9.17, 15) is 0 Å². The smallest absolute Gasteiger partial charge is 0.162 e. The zero-order chi connectivity index (χ0) is 12.1. The van der Waals surface area contributed by atoms with Crippen molar-refractivity contribution in [3.05, 3.63) is 45.4 Å². The standard InChI is InChI=1S/C12H12INO3/c1-15-8-12-6-10(14-17-12)7-16-11-4-2-9(13)3-5-11/h2-6H,7-8H2,1H3. The fourth-order valence-corrected chi connectivity index (χ4v) is 1.68. The molecule has 0 N–H and O–H groups in total. The van der Waals surface area contributed by atoms with E-state index >= 15 is 0 Å². The largest absolute Gasteiger partial charge is 0.487 e. The van der Waals surface area contributed by atoms with E-state index in [4.69, 9.17) is 14.0 Å². The van der Waals surface area contributed by atoms with Gasteiger partial charge in [-0.25, -0.2) is 0 Å². The van der Waals surface area contributed by atoms with Crippen molar-refractivity contribution in [2.75, 3.05) is 7.11 Å². The molecule has 0 saturated heterocycles. The lowest BCUT2D eigenvalue weighted by molar-refractivity contribution is 0.155. The van der Waals surface area contributed by atoms with Crippen LogP contribution in [0.3, 0.4) is 0 Å². The Morgan fingerprint density at radius 2 is 2.00 bits per heavy atom. The molecule has 5 heteroatoms. The minimum absolute atomic E-state index is 0.397. The van der Waals surface area contributed by atoms with Gasteiger partial charge in [0.2, 0.25) is 0 Å². The van der Waals surface area contributed by atoms with Crippen molar-refractivity contribution < 1.29 is 14.0 Å². The number of rotatable bonds is 5. The highest BCUT2D eigenvalue weighted by Crippen LogP contribution is 2.15. The number of hydrogen-bond donors (Lipinski definition) is 0. The number of ether oxygens (including phenoxy) is 2. The molecule has 1 aromatic heterocycles. The van der Waals surface area contributed by atoms with Gasteiger partial charge in [-0.2, -0.15) is 0 Å². The van der Waals surface area contributed by atoms with Crippen LogP contribution in [0.1, 0.15) is 11.5 Å². The summed E-state index contributed by atoms with van der Waals surface area (Å²) in [6, 6.07) is 9.68. The second-order valence-electron chi connectivity index (χ2n) is 3.46. The van der Waals surface area contributed by atoms with Gasteiger partial charge in [0.15, 0.2) is 5.76 Å². The molecule has 2 rings (SSSR count). The third-order valence-corrected chi connectivity index (χ3v) is 2.81. The van der Waals surface area contributed by atoms with E-state index in [0.717, 1.165) is 11.4 Å². The van der Waals surface area contributed by atoms with Crippen molar-refractivity contribution in [2.24, 2.45) is 0 Å². The highest BCUT2D eigenvalue weighted by atomic mass is 127. The van der Waals surface area contributed by atoms with Crippen LogP contribution in [0.2, 0.25) is 0 Å². The molecule has 4 nitrogen and oxygen atoms in total. The Morgan fingerprint density at radius 3 is 2.71 bits per heavy atom. The van der Waals surface area contributed by atoms with E-state index in [-0.39, 0.29) is 0 Å². The topological polar surface area (TPSA) is 44.5 Å². The van der Waals surface area contributed by atoms with Crippen molar-refractivity contribution in [3.63, 3.8) is 0 Å². The predicted octanol–water partition coefficient (Wildman–Crippen LogP) is 3.00. The number of methoxy groups -OCH3 is 1. The molecule has 0 aliphatic carbocycles. The van der Waals surface area contributed by atoms with Crippen molar-refractivity contribution in [3.8, 4) is 5.75 Å². The van der Waals surface area contributed by atoms with Gasteiger partial charge in [-0.3, -0.25) is 0 Å². The number of nitrogens with zero attached hydrogens (tertiary/aromatic N) is 1. The van der Waals surface area contributed by atoms with E-state index < -0.39 is 0 Å². The van der Waals surface area contributed by atoms with Crippen LogP contribution in [0.25, 0.3) is 0 Å². The molecule has 0 unspecified atom stereocenters. The SMILES string of the molecule is COCc1cc(COc2ccc(I)cc2)no1. The molecule has 0 fully saturated rings. The third-order valence-electron chi connectivity index (χ3n) is 2.09. The van der Waals surface area contributed by atoms with E-state index in [1.165, 1.54) is 3.57 Å². The third kappa shape index (κ3) is 3.71. The lowest BCUT2D eigenvalue weighted by Gasteiger charge is -2.02. The van der Waals surface area contributed by atoms with Crippen LogP contribution in [0.5, 0.6) is 5.75 Å². The first kappa shape index (κ1) is 12.4. The quantitative estimate of drug-likeness (QED) is 0.782. The van der Waals surface area contributed by atoms with Crippen molar-refractivity contribution in [2.45, 2.75) is 13.2 Å². The Bertz CT molecular complexity index is 467. The van der Waals surface area contributed by atoms with Gasteiger partial charge in [-0.15, -0.1) is 0 Å². The summed E-state index contributed by atoms with van der Waals surface area (Å²) in [6.07, 6.45) is 0. The average molecular weight is 345 g/mol. The molecule has 1 aromatic carbocycles. The molecule has 2 aromatic rings. The zero-order valence-corrected chi connectivity index (χ0v) is 11.5. The Kier molecular flexibility index (Phi) is 4.38. The second kappa shape index (κ2) is 6.02. The average Bonchev–Trinajstić information content (AvgIpc) is 2.77. The Labute approximate surface area is 113 Å². The van der Waals surface area contributed by atoms with Gasteiger partial charge in [-0.1, -0.05) is 5.16 Å². The number of aromatic nitrogens is 1. The van der Waals surface area contributed by atoms with Crippen LogP contribution in [-0.2, 0) is 18.0 Å². The molecule has 0 saturated carbocycles. The van der Waals surface area contributed by atoms with Crippen molar-refractivity contribution in [1.82, 2.24) is 5.16 Å². The molecule has 0 aliphatic rings. The molecule has 90 valence electrons. The van der Waals surface area contributed by atoms with Gasteiger partial charge < -0.3 is 14.0 Å². The molecule has 0 atom stereocenters. The first-order chi connectivity index (χ1) is 8.28. The monoisotopic (exact) mass is 345 g/mol. The molecular weight excluding hydrogens is 333 g/mol. The summed E-state index contributed by atoms with van der Waals surface area (Å²) in [5, 5.41) is 3.89. The minimum atomic E-state index is 0.397. The highest BCUT2D eigenvalue weighted by Gasteiger charge is 2.04. The van der Waals surface area contributed by atoms with Crippen LogP contribution >= 0.6 is 22.6 Å². The lowest BCUT2D eigenvalue weighted by Crippen LogP contribution is -1.95. The summed E-state index contributed by atoms with van der Waals surface area (Å²) < 4.78 is 16.7. The molecule has 0 bridgehead atoms. The second-order valence-corrected chi connectivity index (χ2v) is 4.71. The molecular formula is C12H12INO3. The summed E-state index contributed by atoms with van der Waals surface area (Å²) >= 11 is 2.25. The van der Waals surface area contributed by atoms with Crippen molar-refractivity contribution in [1.29, 1.82) is 0 Å². The Balaban J connectivity index is 1.90. The van der Waals surface area contributed by atoms with E-state index in [2.05, 4.69) is 27.7 Å². The van der Waals surface area contributed by atoms with Crippen LogP contribution in [-0.4, -0.2) is 12.3 Å². The normalized spacial score (nSPS) is 10.5. The number of halogens is 1. The fourth-order valence-electron chi connectivity index (χ4n) is 1.32. The van der Waals surface area contributed by atoms with Gasteiger partial charge in [0.25, 0.3) is 0 Å². The van der Waals surface area contributed by atoms with E-state index in [1.807, 2.05) is 30.3 Å². The summed E-state index contributed by atoms with van der Waals surface area (Å²) in [6.45, 7) is 0.824. The van der Waals surface area contributed by atoms with Gasteiger partial charge in [-0.05, 0) is 46.9 Å². The fraction of sp³-hybridized carbons (Fsp3) is 0.250. The van der Waals surface area contributed by atoms with Crippen LogP contribution in [0, 0.1) is 3.57 Å². The summed E-state index contributed by atoms with van der Waals surface area (Å²) in [7, 11) is 1.62. The van der Waals surface area contributed by atoms with E-state index in [0.29, 0.717) is 19.0 Å². The number of hydrogen-bond acceptors (Lipinski definition) is 4. The molecule has 0 radical (unpaired) electrons. The molecule has 0 amide bonds. The molecule has 17 heavy (non-hydrogen) atoms. The Morgan fingerprint density at radius 1 is 1.24 bits per heavy atom. The molecule has 0 spiro atoms. The van der Waals surface area contributed by atoms with Gasteiger partial charge in [0.1, 0.15) is 24.7 Å². The first-order valence-electron chi connectivity index (χ1n) is 5.09. The number of benzene rings is 1. The van der Waals surface area contributed by atoms with Gasteiger partial charge in [0.05, 0.1) is 0 Å². The summed E-state index contributed by atoms with van der Waals surface area (Å²) in [4.78, 5) is 0. The maximum absolute atomic E-state index is 5.57. The van der Waals surface area contributed by atoms with Crippen LogP contribution in [0.4, 0.5) is 0 Å². The van der Waals surface area contributed by atoms with Gasteiger partial charge >= 0.3 is 0 Å². The van der Waals surface area contributed by atoms with E-state index in [1.54, 1.807) is 7.11 Å². The van der Waals surface area contributed by atoms with Gasteiger partial charge in [0, 0.05) is 16.7 Å². The maximum atomic E-state index is 5.57. The van der Waals surface area contributed by atoms with Crippen LogP contribution in [0.15, 0.2) is 34.9 Å². The highest BCUT2D eigenvalue weighted by molar-refractivity contribution is 14.1. The maximum Gasteiger partial charge on any atom is 0.162 e. The Hall–Kier alpha value is -1.08. The molecule has 0 aliphatic heterocycles. The summed E-state index contributed by atoms with van der Waals surface area (Å²) in [5.74, 6) is 1.52. The van der Waals surface area contributed by atoms with Crippen LogP contribution < -0.4 is 4.74 Å². The predicted molar refractivity (Wildman–Crippen MR) is 70.7 cm³/mol. The summed E-state index contributed by atoms with van der Waals surface area (Å²) in [5.41, 5.74) is 0.760. The lowest BCUT2D eigenvalue weighted by atomic mass is 10.3. The zero-order valence-electron chi connectivity index (χ0n) is 9.35. The van der Waals surface area contributed by atoms with Crippen molar-refractivity contribution >= 4 is 22.6 Å². The minimum Gasteiger partial charge on any atom is -0.487 e.